The summed E-state index contributed by atoms with van der Waals surface area (Å²) < 4.78 is 14.6. The van der Waals surface area contributed by atoms with Crippen LogP contribution in [0.15, 0.2) is 36.4 Å². The van der Waals surface area contributed by atoms with Crippen molar-refractivity contribution in [1.82, 2.24) is 5.32 Å². The maximum absolute atomic E-state index is 14.6. The Kier molecular flexibility index (Phi) is 5.24. The molecule has 5 heteroatoms. The molecule has 0 atom stereocenters. The van der Waals surface area contributed by atoms with Gasteiger partial charge in [0.05, 0.1) is 6.42 Å². The Morgan fingerprint density at radius 2 is 1.92 bits per heavy atom. The molecule has 0 bridgehead atoms. The number of hydrogen-bond acceptors (Lipinski definition) is 3. The molecule has 4 nitrogen and oxygen atoms in total. The highest BCUT2D eigenvalue weighted by molar-refractivity contribution is 6.01. The van der Waals surface area contributed by atoms with E-state index in [-0.39, 0.29) is 18.0 Å². The summed E-state index contributed by atoms with van der Waals surface area (Å²) in [7, 11) is 0. The number of ketones is 1. The zero-order valence-electron chi connectivity index (χ0n) is 14.0. The summed E-state index contributed by atoms with van der Waals surface area (Å²) in [6, 6.07) is 11.2. The van der Waals surface area contributed by atoms with Crippen LogP contribution in [0.4, 0.5) is 4.39 Å². The van der Waals surface area contributed by atoms with Crippen LogP contribution in [0, 0.1) is 5.82 Å². The number of primary amides is 1. The summed E-state index contributed by atoms with van der Waals surface area (Å²) in [5.41, 5.74) is 8.53. The molecule has 2 aromatic carbocycles. The molecule has 0 aromatic heterocycles. The third-order valence-electron chi connectivity index (χ3n) is 4.52. The second kappa shape index (κ2) is 7.57. The Balaban J connectivity index is 1.87. The normalized spacial score (nSPS) is 13.6. The lowest BCUT2D eigenvalue weighted by atomic mass is 9.83. The van der Waals surface area contributed by atoms with Crippen LogP contribution in [-0.2, 0) is 30.7 Å². The molecule has 0 heterocycles. The Morgan fingerprint density at radius 3 is 2.64 bits per heavy atom. The third kappa shape index (κ3) is 3.94. The van der Waals surface area contributed by atoms with E-state index in [1.165, 1.54) is 6.07 Å². The minimum Gasteiger partial charge on any atom is -0.369 e. The number of benzene rings is 2. The Labute approximate surface area is 146 Å². The van der Waals surface area contributed by atoms with Gasteiger partial charge in [0, 0.05) is 30.6 Å². The standard InChI is InChI=1S/C20H21FN2O2/c21-17-9-14(10-19(22)25)20-15(7-4-8-18(20)24)16(17)12-23-11-13-5-2-1-3-6-13/h1-3,5-6,9,23H,4,7-8,10-12H2,(H2,22,25). The first-order valence-corrected chi connectivity index (χ1v) is 8.45. The zero-order valence-corrected chi connectivity index (χ0v) is 14.0. The lowest BCUT2D eigenvalue weighted by Gasteiger charge is -2.22. The maximum Gasteiger partial charge on any atom is 0.221 e. The summed E-state index contributed by atoms with van der Waals surface area (Å²) in [6.45, 7) is 0.958. The number of carbonyl (C=O) groups is 2. The van der Waals surface area contributed by atoms with Gasteiger partial charge in [0.15, 0.2) is 5.78 Å². The van der Waals surface area contributed by atoms with Crippen molar-refractivity contribution in [2.45, 2.75) is 38.8 Å². The fraction of sp³-hybridized carbons (Fsp3) is 0.300. The van der Waals surface area contributed by atoms with E-state index in [1.807, 2.05) is 30.3 Å². The molecular formula is C20H21FN2O2. The van der Waals surface area contributed by atoms with Gasteiger partial charge in [0.2, 0.25) is 5.91 Å². The van der Waals surface area contributed by atoms with Crippen molar-refractivity contribution >= 4 is 11.7 Å². The smallest absolute Gasteiger partial charge is 0.221 e. The first-order valence-electron chi connectivity index (χ1n) is 8.45. The number of nitrogens with two attached hydrogens (primary N) is 1. The van der Waals surface area contributed by atoms with Crippen molar-refractivity contribution < 1.29 is 14.0 Å². The molecule has 25 heavy (non-hydrogen) atoms. The van der Waals surface area contributed by atoms with Gasteiger partial charge in [-0.05, 0) is 35.6 Å². The second-order valence-corrected chi connectivity index (χ2v) is 6.36. The van der Waals surface area contributed by atoms with Gasteiger partial charge < -0.3 is 11.1 Å². The highest BCUT2D eigenvalue weighted by atomic mass is 19.1. The van der Waals surface area contributed by atoms with Crippen LogP contribution in [0.1, 0.15) is 45.5 Å². The molecule has 1 aliphatic rings. The van der Waals surface area contributed by atoms with Crippen LogP contribution in [0.2, 0.25) is 0 Å². The van der Waals surface area contributed by atoms with E-state index in [2.05, 4.69) is 5.32 Å². The van der Waals surface area contributed by atoms with E-state index in [1.54, 1.807) is 0 Å². The number of halogens is 1. The molecule has 0 spiro atoms. The van der Waals surface area contributed by atoms with Gasteiger partial charge in [0.1, 0.15) is 5.82 Å². The number of rotatable bonds is 6. The SMILES string of the molecule is NC(=O)Cc1cc(F)c(CNCc2ccccc2)c2c1C(=O)CCC2. The van der Waals surface area contributed by atoms with Crippen molar-refractivity contribution in [2.24, 2.45) is 5.73 Å². The van der Waals surface area contributed by atoms with Crippen LogP contribution in [0.3, 0.4) is 0 Å². The number of Topliss-reactive ketones (excluding diaryl/α,β-unsaturated/α-hetero) is 1. The van der Waals surface area contributed by atoms with Crippen LogP contribution < -0.4 is 11.1 Å². The van der Waals surface area contributed by atoms with Crippen molar-refractivity contribution in [1.29, 1.82) is 0 Å². The molecule has 2 aromatic rings. The predicted octanol–water partition coefficient (Wildman–Crippen LogP) is 2.66. The first kappa shape index (κ1) is 17.3. The summed E-state index contributed by atoms with van der Waals surface area (Å²) >= 11 is 0. The van der Waals surface area contributed by atoms with E-state index in [4.69, 9.17) is 5.73 Å². The highest BCUT2D eigenvalue weighted by Gasteiger charge is 2.26. The van der Waals surface area contributed by atoms with Crippen molar-refractivity contribution in [3.8, 4) is 0 Å². The highest BCUT2D eigenvalue weighted by Crippen LogP contribution is 2.30. The molecule has 130 valence electrons. The van der Waals surface area contributed by atoms with Crippen LogP contribution in [-0.4, -0.2) is 11.7 Å². The second-order valence-electron chi connectivity index (χ2n) is 6.36. The Bertz CT molecular complexity index is 803. The summed E-state index contributed by atoms with van der Waals surface area (Å²) in [5.74, 6) is -0.970. The molecular weight excluding hydrogens is 319 g/mol. The molecule has 3 rings (SSSR count). The summed E-state index contributed by atoms with van der Waals surface area (Å²) in [5, 5.41) is 3.24. The average molecular weight is 340 g/mol. The van der Waals surface area contributed by atoms with Gasteiger partial charge in [-0.25, -0.2) is 4.39 Å². The lowest BCUT2D eigenvalue weighted by molar-refractivity contribution is -0.117. The van der Waals surface area contributed by atoms with E-state index < -0.39 is 5.91 Å². The van der Waals surface area contributed by atoms with Crippen LogP contribution >= 0.6 is 0 Å². The fourth-order valence-corrected chi connectivity index (χ4v) is 3.42. The number of carbonyl (C=O) groups excluding carboxylic acids is 2. The van der Waals surface area contributed by atoms with E-state index in [0.29, 0.717) is 49.0 Å². The Hall–Kier alpha value is -2.53. The number of amides is 1. The van der Waals surface area contributed by atoms with Gasteiger partial charge in [-0.15, -0.1) is 0 Å². The molecule has 0 radical (unpaired) electrons. The molecule has 1 aliphatic carbocycles. The zero-order chi connectivity index (χ0) is 17.8. The van der Waals surface area contributed by atoms with Gasteiger partial charge in [0.25, 0.3) is 0 Å². The number of nitrogens with one attached hydrogen (secondary N) is 1. The van der Waals surface area contributed by atoms with Gasteiger partial charge >= 0.3 is 0 Å². The lowest BCUT2D eigenvalue weighted by Crippen LogP contribution is -2.23. The van der Waals surface area contributed by atoms with E-state index in [9.17, 15) is 14.0 Å². The van der Waals surface area contributed by atoms with Crippen LogP contribution in [0.25, 0.3) is 0 Å². The number of hydrogen-bond donors (Lipinski definition) is 2. The van der Waals surface area contributed by atoms with Crippen molar-refractivity contribution in [3.63, 3.8) is 0 Å². The fourth-order valence-electron chi connectivity index (χ4n) is 3.42. The molecule has 0 saturated heterocycles. The number of fused-ring (bicyclic) bond motifs is 1. The van der Waals surface area contributed by atoms with Crippen molar-refractivity contribution in [3.05, 3.63) is 70.0 Å². The van der Waals surface area contributed by atoms with Gasteiger partial charge in [-0.2, -0.15) is 0 Å². The largest absolute Gasteiger partial charge is 0.369 e. The summed E-state index contributed by atoms with van der Waals surface area (Å²) in [6.07, 6.45) is 1.67. The van der Waals surface area contributed by atoms with Crippen LogP contribution in [0.5, 0.6) is 0 Å². The minimum atomic E-state index is -0.560. The quantitative estimate of drug-likeness (QED) is 0.849. The molecule has 1 amide bonds. The maximum atomic E-state index is 14.6. The summed E-state index contributed by atoms with van der Waals surface area (Å²) in [4.78, 5) is 23.6. The predicted molar refractivity (Wildman–Crippen MR) is 93.6 cm³/mol. The Morgan fingerprint density at radius 1 is 1.16 bits per heavy atom. The van der Waals surface area contributed by atoms with E-state index in [0.717, 1.165) is 11.1 Å². The van der Waals surface area contributed by atoms with Gasteiger partial charge in [-0.1, -0.05) is 30.3 Å². The van der Waals surface area contributed by atoms with E-state index >= 15 is 0 Å². The van der Waals surface area contributed by atoms with Gasteiger partial charge in [-0.3, -0.25) is 9.59 Å². The minimum absolute atomic E-state index is 0.0261. The molecule has 0 aliphatic heterocycles. The molecule has 0 saturated carbocycles. The monoisotopic (exact) mass is 340 g/mol. The average Bonchev–Trinajstić information content (AvgIpc) is 2.58. The molecule has 3 N–H and O–H groups in total. The molecule has 0 fully saturated rings. The topological polar surface area (TPSA) is 72.2 Å². The third-order valence-corrected chi connectivity index (χ3v) is 4.52. The first-order chi connectivity index (χ1) is 12.1. The molecule has 0 unspecified atom stereocenters. The van der Waals surface area contributed by atoms with Crippen molar-refractivity contribution in [2.75, 3.05) is 0 Å².